The largest absolute Gasteiger partial charge is 0.351 e. The predicted octanol–water partition coefficient (Wildman–Crippen LogP) is 2.31. The molecular formula is C17H29Cl2N5O. The van der Waals surface area contributed by atoms with Gasteiger partial charge in [0.2, 0.25) is 11.9 Å². The van der Waals surface area contributed by atoms with Crippen LogP contribution in [0.3, 0.4) is 0 Å². The fourth-order valence-corrected chi connectivity index (χ4v) is 3.82. The number of nitrogens with two attached hydrogens (primary N) is 1. The molecule has 1 aromatic heterocycles. The van der Waals surface area contributed by atoms with Crippen molar-refractivity contribution < 1.29 is 4.79 Å². The van der Waals surface area contributed by atoms with Crippen LogP contribution in [0.15, 0.2) is 18.5 Å². The molecule has 1 amide bonds. The summed E-state index contributed by atoms with van der Waals surface area (Å²) in [6, 6.07) is 1.97. The SMILES string of the molecule is CC1(N)CCCCC1C(=O)NC1CCCN(c2ncccn2)C1.Cl.Cl. The van der Waals surface area contributed by atoms with Crippen LogP contribution < -0.4 is 16.0 Å². The number of piperidine rings is 1. The Morgan fingerprint density at radius 3 is 2.64 bits per heavy atom. The Bertz CT molecular complexity index is 543. The Balaban J connectivity index is 0.00000156. The van der Waals surface area contributed by atoms with Crippen LogP contribution in [0.1, 0.15) is 45.4 Å². The summed E-state index contributed by atoms with van der Waals surface area (Å²) in [5, 5.41) is 3.23. The van der Waals surface area contributed by atoms with Crippen molar-refractivity contribution in [1.29, 1.82) is 0 Å². The molecule has 1 aliphatic carbocycles. The number of nitrogens with one attached hydrogen (secondary N) is 1. The van der Waals surface area contributed by atoms with Gasteiger partial charge in [-0.2, -0.15) is 0 Å². The summed E-state index contributed by atoms with van der Waals surface area (Å²) in [6.45, 7) is 3.72. The van der Waals surface area contributed by atoms with Crippen molar-refractivity contribution in [3.63, 3.8) is 0 Å². The first-order valence-corrected chi connectivity index (χ1v) is 8.67. The van der Waals surface area contributed by atoms with E-state index >= 15 is 0 Å². The fourth-order valence-electron chi connectivity index (χ4n) is 3.82. The number of amides is 1. The maximum Gasteiger partial charge on any atom is 0.225 e. The number of carbonyl (C=O) groups is 1. The van der Waals surface area contributed by atoms with E-state index in [-0.39, 0.29) is 48.2 Å². The second kappa shape index (κ2) is 9.55. The van der Waals surface area contributed by atoms with Gasteiger partial charge < -0.3 is 16.0 Å². The number of anilines is 1. The predicted molar refractivity (Wildman–Crippen MR) is 104 cm³/mol. The van der Waals surface area contributed by atoms with Crippen LogP contribution in [-0.4, -0.2) is 40.5 Å². The molecule has 1 saturated carbocycles. The molecule has 1 aliphatic heterocycles. The Labute approximate surface area is 162 Å². The lowest BCUT2D eigenvalue weighted by atomic mass is 9.74. The normalized spacial score (nSPS) is 29.1. The van der Waals surface area contributed by atoms with Gasteiger partial charge in [-0.05, 0) is 38.7 Å². The van der Waals surface area contributed by atoms with Gasteiger partial charge in [0.15, 0.2) is 0 Å². The summed E-state index contributed by atoms with van der Waals surface area (Å²) in [6.07, 6.45) is 9.60. The molecule has 0 radical (unpaired) electrons. The third-order valence-electron chi connectivity index (χ3n) is 5.17. The molecule has 3 N–H and O–H groups in total. The third-order valence-corrected chi connectivity index (χ3v) is 5.17. The quantitative estimate of drug-likeness (QED) is 0.828. The van der Waals surface area contributed by atoms with Crippen LogP contribution in [-0.2, 0) is 4.79 Å². The summed E-state index contributed by atoms with van der Waals surface area (Å²) >= 11 is 0. The minimum absolute atomic E-state index is 0. The lowest BCUT2D eigenvalue weighted by Gasteiger charge is -2.39. The molecule has 2 heterocycles. The zero-order valence-electron chi connectivity index (χ0n) is 14.7. The first-order valence-electron chi connectivity index (χ1n) is 8.67. The van der Waals surface area contributed by atoms with Gasteiger partial charge in [-0.25, -0.2) is 9.97 Å². The molecule has 1 aromatic rings. The highest BCUT2D eigenvalue weighted by Crippen LogP contribution is 2.32. The van der Waals surface area contributed by atoms with Gasteiger partial charge in [-0.3, -0.25) is 4.79 Å². The lowest BCUT2D eigenvalue weighted by Crippen LogP contribution is -2.56. The molecule has 0 bridgehead atoms. The standard InChI is InChI=1S/C17H27N5O.2ClH/c1-17(18)8-3-2-7-14(17)15(23)21-13-6-4-11-22(12-13)16-19-9-5-10-20-16;;/h5,9-10,13-14H,2-4,6-8,11-12,18H2,1H3,(H,21,23);2*1H. The van der Waals surface area contributed by atoms with Crippen molar-refractivity contribution >= 4 is 36.7 Å². The van der Waals surface area contributed by atoms with Crippen molar-refractivity contribution in [3.8, 4) is 0 Å². The van der Waals surface area contributed by atoms with Gasteiger partial charge in [0, 0.05) is 37.1 Å². The van der Waals surface area contributed by atoms with Gasteiger partial charge >= 0.3 is 0 Å². The Morgan fingerprint density at radius 2 is 1.96 bits per heavy atom. The van der Waals surface area contributed by atoms with E-state index < -0.39 is 0 Å². The molecule has 6 nitrogen and oxygen atoms in total. The average Bonchev–Trinajstić information content (AvgIpc) is 2.55. The number of hydrogen-bond donors (Lipinski definition) is 2. The van der Waals surface area contributed by atoms with Crippen LogP contribution in [0.4, 0.5) is 5.95 Å². The molecule has 142 valence electrons. The van der Waals surface area contributed by atoms with E-state index in [1.54, 1.807) is 12.4 Å². The zero-order chi connectivity index (χ0) is 16.3. The highest BCUT2D eigenvalue weighted by Gasteiger charge is 2.38. The van der Waals surface area contributed by atoms with Crippen LogP contribution in [0.5, 0.6) is 0 Å². The molecule has 0 spiro atoms. The van der Waals surface area contributed by atoms with E-state index in [0.29, 0.717) is 0 Å². The molecule has 2 aliphatic rings. The van der Waals surface area contributed by atoms with Crippen molar-refractivity contribution in [2.24, 2.45) is 11.7 Å². The maximum atomic E-state index is 12.7. The van der Waals surface area contributed by atoms with Crippen LogP contribution in [0.25, 0.3) is 0 Å². The van der Waals surface area contributed by atoms with Gasteiger partial charge in [-0.1, -0.05) is 12.8 Å². The molecular weight excluding hydrogens is 361 g/mol. The van der Waals surface area contributed by atoms with Crippen molar-refractivity contribution in [1.82, 2.24) is 15.3 Å². The first-order chi connectivity index (χ1) is 11.1. The molecule has 3 atom stereocenters. The topological polar surface area (TPSA) is 84.1 Å². The zero-order valence-corrected chi connectivity index (χ0v) is 16.3. The smallest absolute Gasteiger partial charge is 0.225 e. The van der Waals surface area contributed by atoms with E-state index in [0.717, 1.165) is 57.6 Å². The third kappa shape index (κ3) is 5.43. The van der Waals surface area contributed by atoms with E-state index in [1.807, 2.05) is 13.0 Å². The summed E-state index contributed by atoms with van der Waals surface area (Å²) < 4.78 is 0. The Hall–Kier alpha value is -1.11. The molecule has 0 aromatic carbocycles. The van der Waals surface area contributed by atoms with Gasteiger partial charge in [0.05, 0.1) is 5.92 Å². The average molecular weight is 390 g/mol. The second-order valence-electron chi connectivity index (χ2n) is 7.15. The Kier molecular flexibility index (Phi) is 8.38. The van der Waals surface area contributed by atoms with Gasteiger partial charge in [0.1, 0.15) is 0 Å². The van der Waals surface area contributed by atoms with Crippen LogP contribution in [0.2, 0.25) is 0 Å². The highest BCUT2D eigenvalue weighted by molar-refractivity contribution is 5.85. The minimum atomic E-state index is -0.376. The summed E-state index contributed by atoms with van der Waals surface area (Å²) in [7, 11) is 0. The number of aromatic nitrogens is 2. The first kappa shape index (κ1) is 21.9. The van der Waals surface area contributed by atoms with E-state index in [2.05, 4.69) is 20.2 Å². The molecule has 2 fully saturated rings. The minimum Gasteiger partial charge on any atom is -0.351 e. The number of hydrogen-bond acceptors (Lipinski definition) is 5. The van der Waals surface area contributed by atoms with Gasteiger partial charge in [0.25, 0.3) is 0 Å². The van der Waals surface area contributed by atoms with Crippen molar-refractivity contribution in [2.45, 2.75) is 57.0 Å². The Morgan fingerprint density at radius 1 is 1.24 bits per heavy atom. The van der Waals surface area contributed by atoms with E-state index in [9.17, 15) is 4.79 Å². The second-order valence-corrected chi connectivity index (χ2v) is 7.15. The number of carbonyl (C=O) groups excluding carboxylic acids is 1. The number of halogens is 2. The number of nitrogens with zero attached hydrogens (tertiary/aromatic N) is 3. The highest BCUT2D eigenvalue weighted by atomic mass is 35.5. The molecule has 3 unspecified atom stereocenters. The van der Waals surface area contributed by atoms with Crippen molar-refractivity contribution in [3.05, 3.63) is 18.5 Å². The molecule has 3 rings (SSSR count). The molecule has 8 heteroatoms. The molecule has 1 saturated heterocycles. The molecule has 25 heavy (non-hydrogen) atoms. The van der Waals surface area contributed by atoms with Crippen LogP contribution in [0, 0.1) is 5.92 Å². The summed E-state index contributed by atoms with van der Waals surface area (Å²) in [5.74, 6) is 0.794. The number of rotatable bonds is 3. The van der Waals surface area contributed by atoms with Crippen molar-refractivity contribution in [2.75, 3.05) is 18.0 Å². The van der Waals surface area contributed by atoms with Gasteiger partial charge in [-0.15, -0.1) is 24.8 Å². The van der Waals surface area contributed by atoms with Crippen LogP contribution >= 0.6 is 24.8 Å². The van der Waals surface area contributed by atoms with E-state index in [1.165, 1.54) is 0 Å². The van der Waals surface area contributed by atoms with E-state index in [4.69, 9.17) is 5.73 Å². The lowest BCUT2D eigenvalue weighted by molar-refractivity contribution is -0.128. The monoisotopic (exact) mass is 389 g/mol. The maximum absolute atomic E-state index is 12.7. The summed E-state index contributed by atoms with van der Waals surface area (Å²) in [4.78, 5) is 23.5. The summed E-state index contributed by atoms with van der Waals surface area (Å²) in [5.41, 5.74) is 5.98. The fraction of sp³-hybridized carbons (Fsp3) is 0.706.